The number of carbonyl (C=O) groups is 2. The van der Waals surface area contributed by atoms with Gasteiger partial charge in [-0.1, -0.05) is 42.8 Å². The lowest BCUT2D eigenvalue weighted by molar-refractivity contribution is -0.132. The second kappa shape index (κ2) is 9.79. The van der Waals surface area contributed by atoms with Crippen molar-refractivity contribution in [3.8, 4) is 5.75 Å². The molecular weight excluding hydrogens is 488 g/mol. The number of fused-ring (bicyclic) bond motifs is 1. The standard InChI is InChI=1S/C30H27ClN2O4/c1-4-14-37-25-13-12-19(15-18(25)2)28(34)26-27(23-17-32(3)24-11-6-5-10-22(23)24)33(30(36)29(26)35)21-9-7-8-20(31)16-21/h5-13,15-17,27,34H,4,14H2,1-3H3/b28-26+. The van der Waals surface area contributed by atoms with Crippen molar-refractivity contribution in [2.45, 2.75) is 26.3 Å². The molecule has 0 aliphatic carbocycles. The largest absolute Gasteiger partial charge is 0.507 e. The van der Waals surface area contributed by atoms with E-state index in [1.165, 1.54) is 4.90 Å². The van der Waals surface area contributed by atoms with E-state index in [4.69, 9.17) is 16.3 Å². The predicted molar refractivity (Wildman–Crippen MR) is 146 cm³/mol. The molecule has 1 saturated heterocycles. The molecule has 0 radical (unpaired) electrons. The maximum absolute atomic E-state index is 13.5. The number of Topliss-reactive ketones (excluding diaryl/α,β-unsaturated/α-hetero) is 1. The number of amides is 1. The molecule has 1 unspecified atom stereocenters. The van der Waals surface area contributed by atoms with Crippen LogP contribution >= 0.6 is 11.6 Å². The summed E-state index contributed by atoms with van der Waals surface area (Å²) >= 11 is 6.26. The van der Waals surface area contributed by atoms with E-state index in [1.54, 1.807) is 42.5 Å². The number of ketones is 1. The number of ether oxygens (including phenoxy) is 1. The molecule has 188 valence electrons. The van der Waals surface area contributed by atoms with Gasteiger partial charge in [-0.25, -0.2) is 0 Å². The summed E-state index contributed by atoms with van der Waals surface area (Å²) in [5, 5.41) is 12.9. The van der Waals surface area contributed by atoms with Crippen LogP contribution in [0.1, 0.15) is 36.1 Å². The van der Waals surface area contributed by atoms with Crippen molar-refractivity contribution in [1.29, 1.82) is 0 Å². The number of aromatic nitrogens is 1. The third-order valence-electron chi connectivity index (χ3n) is 6.66. The van der Waals surface area contributed by atoms with Gasteiger partial charge in [0.1, 0.15) is 11.5 Å². The average molecular weight is 515 g/mol. The number of benzene rings is 3. The lowest BCUT2D eigenvalue weighted by atomic mass is 9.94. The molecule has 0 saturated carbocycles. The van der Waals surface area contributed by atoms with Gasteiger partial charge in [0.2, 0.25) is 0 Å². The second-order valence-electron chi connectivity index (χ2n) is 9.19. The number of aryl methyl sites for hydroxylation is 2. The van der Waals surface area contributed by atoms with E-state index in [9.17, 15) is 14.7 Å². The molecule has 2 heterocycles. The Balaban J connectivity index is 1.74. The van der Waals surface area contributed by atoms with Crippen LogP contribution in [0, 0.1) is 6.92 Å². The van der Waals surface area contributed by atoms with Crippen LogP contribution < -0.4 is 9.64 Å². The molecule has 1 amide bonds. The summed E-state index contributed by atoms with van der Waals surface area (Å²) in [5.41, 5.74) is 3.45. The lowest BCUT2D eigenvalue weighted by Gasteiger charge is -2.25. The predicted octanol–water partition coefficient (Wildman–Crippen LogP) is 6.56. The number of hydrogen-bond donors (Lipinski definition) is 1. The number of nitrogens with zero attached hydrogens (tertiary/aromatic N) is 2. The molecule has 3 aromatic carbocycles. The van der Waals surface area contributed by atoms with Crippen LogP contribution in [0.4, 0.5) is 5.69 Å². The van der Waals surface area contributed by atoms with Crippen LogP contribution in [0.15, 0.2) is 78.5 Å². The zero-order valence-electron chi connectivity index (χ0n) is 20.9. The summed E-state index contributed by atoms with van der Waals surface area (Å²) in [6.45, 7) is 4.49. The Morgan fingerprint density at radius 1 is 1.05 bits per heavy atom. The normalized spacial score (nSPS) is 17.1. The Morgan fingerprint density at radius 3 is 2.57 bits per heavy atom. The average Bonchev–Trinajstić information content (AvgIpc) is 3.36. The fourth-order valence-electron chi connectivity index (χ4n) is 4.94. The molecule has 4 aromatic rings. The molecule has 5 rings (SSSR count). The summed E-state index contributed by atoms with van der Waals surface area (Å²) in [6.07, 6.45) is 2.78. The lowest BCUT2D eigenvalue weighted by Crippen LogP contribution is -2.29. The first-order valence-corrected chi connectivity index (χ1v) is 12.5. The Hall–Kier alpha value is -4.03. The van der Waals surface area contributed by atoms with Crippen LogP contribution in [0.3, 0.4) is 0 Å². The van der Waals surface area contributed by atoms with Crippen LogP contribution in [0.2, 0.25) is 5.02 Å². The van der Waals surface area contributed by atoms with Crippen molar-refractivity contribution in [3.05, 3.63) is 100 Å². The fraction of sp³-hybridized carbons (Fsp3) is 0.200. The molecule has 1 aliphatic rings. The molecule has 0 spiro atoms. The molecular formula is C30H27ClN2O4. The molecule has 1 aliphatic heterocycles. The van der Waals surface area contributed by atoms with Gasteiger partial charge >= 0.3 is 0 Å². The molecule has 6 nitrogen and oxygen atoms in total. The monoisotopic (exact) mass is 514 g/mol. The van der Waals surface area contributed by atoms with E-state index in [0.717, 1.165) is 28.5 Å². The van der Waals surface area contributed by atoms with Gasteiger partial charge in [-0.05, 0) is 61.4 Å². The highest BCUT2D eigenvalue weighted by Crippen LogP contribution is 2.45. The van der Waals surface area contributed by atoms with Crippen LogP contribution in [-0.4, -0.2) is 28.0 Å². The van der Waals surface area contributed by atoms with Gasteiger partial charge in [-0.3, -0.25) is 14.5 Å². The van der Waals surface area contributed by atoms with E-state index in [0.29, 0.717) is 28.6 Å². The number of hydrogen-bond acceptors (Lipinski definition) is 4. The van der Waals surface area contributed by atoms with Gasteiger partial charge in [0.25, 0.3) is 11.7 Å². The number of halogens is 1. The van der Waals surface area contributed by atoms with Crippen molar-refractivity contribution < 1.29 is 19.4 Å². The zero-order chi connectivity index (χ0) is 26.3. The smallest absolute Gasteiger partial charge is 0.300 e. The number of carbonyl (C=O) groups excluding carboxylic acids is 2. The molecule has 37 heavy (non-hydrogen) atoms. The highest BCUT2D eigenvalue weighted by molar-refractivity contribution is 6.52. The fourth-order valence-corrected chi connectivity index (χ4v) is 5.12. The van der Waals surface area contributed by atoms with Gasteiger partial charge in [0, 0.05) is 46.0 Å². The Kier molecular flexibility index (Phi) is 6.52. The summed E-state index contributed by atoms with van der Waals surface area (Å²) in [4.78, 5) is 28.4. The molecule has 1 fully saturated rings. The molecule has 1 aromatic heterocycles. The highest BCUT2D eigenvalue weighted by Gasteiger charge is 2.48. The van der Waals surface area contributed by atoms with E-state index >= 15 is 0 Å². The first-order valence-electron chi connectivity index (χ1n) is 12.2. The summed E-state index contributed by atoms with van der Waals surface area (Å²) in [5.74, 6) is -0.991. The van der Waals surface area contributed by atoms with Gasteiger partial charge in [-0.2, -0.15) is 0 Å². The number of rotatable bonds is 6. The van der Waals surface area contributed by atoms with Crippen LogP contribution in [0.25, 0.3) is 16.7 Å². The zero-order valence-corrected chi connectivity index (χ0v) is 21.6. The highest BCUT2D eigenvalue weighted by atomic mass is 35.5. The van der Waals surface area contributed by atoms with Crippen molar-refractivity contribution in [1.82, 2.24) is 4.57 Å². The van der Waals surface area contributed by atoms with E-state index in [1.807, 2.05) is 55.9 Å². The van der Waals surface area contributed by atoms with Gasteiger partial charge < -0.3 is 14.4 Å². The number of anilines is 1. The van der Waals surface area contributed by atoms with Crippen molar-refractivity contribution >= 4 is 45.6 Å². The Morgan fingerprint density at radius 2 is 1.84 bits per heavy atom. The van der Waals surface area contributed by atoms with Gasteiger partial charge in [0.05, 0.1) is 18.2 Å². The third-order valence-corrected chi connectivity index (χ3v) is 6.90. The minimum atomic E-state index is -0.846. The van der Waals surface area contributed by atoms with E-state index in [-0.39, 0.29) is 11.3 Å². The van der Waals surface area contributed by atoms with Crippen molar-refractivity contribution in [2.24, 2.45) is 7.05 Å². The minimum Gasteiger partial charge on any atom is -0.507 e. The topological polar surface area (TPSA) is 71.8 Å². The van der Waals surface area contributed by atoms with Crippen molar-refractivity contribution in [3.63, 3.8) is 0 Å². The first kappa shape index (κ1) is 24.7. The number of para-hydroxylation sites is 1. The summed E-state index contributed by atoms with van der Waals surface area (Å²) in [6, 6.07) is 19.0. The van der Waals surface area contributed by atoms with E-state index in [2.05, 4.69) is 0 Å². The van der Waals surface area contributed by atoms with E-state index < -0.39 is 17.7 Å². The maximum Gasteiger partial charge on any atom is 0.300 e. The van der Waals surface area contributed by atoms with Crippen LogP contribution in [0.5, 0.6) is 5.75 Å². The second-order valence-corrected chi connectivity index (χ2v) is 9.63. The number of aliphatic hydroxyl groups is 1. The number of aliphatic hydroxyl groups excluding tert-OH is 1. The minimum absolute atomic E-state index is 0.0305. The molecule has 1 atom stereocenters. The SMILES string of the molecule is CCCOc1ccc(/C(O)=C2\C(=O)C(=O)N(c3cccc(Cl)c3)C2c2cn(C)c3ccccc23)cc1C. The maximum atomic E-state index is 13.5. The third kappa shape index (κ3) is 4.27. The van der Waals surface area contributed by atoms with Crippen LogP contribution in [-0.2, 0) is 16.6 Å². The summed E-state index contributed by atoms with van der Waals surface area (Å²) < 4.78 is 7.72. The molecule has 7 heteroatoms. The first-order chi connectivity index (χ1) is 17.8. The Labute approximate surface area is 220 Å². The Bertz CT molecular complexity index is 1570. The van der Waals surface area contributed by atoms with Gasteiger partial charge in [0.15, 0.2) is 0 Å². The summed E-state index contributed by atoms with van der Waals surface area (Å²) in [7, 11) is 1.91. The van der Waals surface area contributed by atoms with Gasteiger partial charge in [-0.15, -0.1) is 0 Å². The van der Waals surface area contributed by atoms with Crippen molar-refractivity contribution in [2.75, 3.05) is 11.5 Å². The quantitative estimate of drug-likeness (QED) is 0.180. The molecule has 0 bridgehead atoms. The molecule has 1 N–H and O–H groups in total.